The Morgan fingerprint density at radius 1 is 1.11 bits per heavy atom. The number of benzene rings is 1. The second kappa shape index (κ2) is 6.20. The van der Waals surface area contributed by atoms with E-state index in [4.69, 9.17) is 11.6 Å². The molecule has 0 aliphatic carbocycles. The number of rotatable bonds is 4. The van der Waals surface area contributed by atoms with Gasteiger partial charge in [0.25, 0.3) is 0 Å². The van der Waals surface area contributed by atoms with Gasteiger partial charge in [0.05, 0.1) is 3.79 Å². The minimum absolute atomic E-state index is 0.231. The van der Waals surface area contributed by atoms with Crippen LogP contribution in [0, 0.1) is 0 Å². The maximum atomic E-state index is 6.21. The molecule has 0 fully saturated rings. The van der Waals surface area contributed by atoms with Crippen molar-refractivity contribution >= 4 is 38.9 Å². The van der Waals surface area contributed by atoms with Crippen LogP contribution < -0.4 is 5.32 Å². The van der Waals surface area contributed by atoms with Crippen molar-refractivity contribution in [1.29, 1.82) is 0 Å². The molecule has 2 unspecified atom stereocenters. The third-order valence-corrected chi connectivity index (χ3v) is 5.04. The molecule has 1 heterocycles. The molecule has 2 rings (SSSR count). The summed E-state index contributed by atoms with van der Waals surface area (Å²) in [5, 5.41) is 4.39. The lowest BCUT2D eigenvalue weighted by Crippen LogP contribution is -2.22. The first-order valence-electron chi connectivity index (χ1n) is 5.83. The van der Waals surface area contributed by atoms with E-state index in [1.54, 1.807) is 11.3 Å². The second-order valence-corrected chi connectivity index (χ2v) is 7.18. The van der Waals surface area contributed by atoms with Gasteiger partial charge in [0, 0.05) is 22.0 Å². The molecular weight excluding hydrogens is 330 g/mol. The van der Waals surface area contributed by atoms with E-state index in [1.165, 1.54) is 4.88 Å². The van der Waals surface area contributed by atoms with Gasteiger partial charge in [0.2, 0.25) is 0 Å². The Morgan fingerprint density at radius 2 is 1.83 bits per heavy atom. The van der Waals surface area contributed by atoms with Crippen LogP contribution in [0.1, 0.15) is 36.4 Å². The molecule has 18 heavy (non-hydrogen) atoms. The molecule has 96 valence electrons. The predicted molar refractivity (Wildman–Crippen MR) is 83.4 cm³/mol. The average Bonchev–Trinajstić information content (AvgIpc) is 2.76. The van der Waals surface area contributed by atoms with Crippen molar-refractivity contribution in [2.24, 2.45) is 0 Å². The molecule has 0 bridgehead atoms. The van der Waals surface area contributed by atoms with Crippen LogP contribution in [0.25, 0.3) is 0 Å². The van der Waals surface area contributed by atoms with Gasteiger partial charge in [0.15, 0.2) is 0 Å². The van der Waals surface area contributed by atoms with Crippen molar-refractivity contribution in [3.8, 4) is 0 Å². The highest BCUT2D eigenvalue weighted by atomic mass is 79.9. The summed E-state index contributed by atoms with van der Waals surface area (Å²) in [4.78, 5) is 1.32. The van der Waals surface area contributed by atoms with Crippen LogP contribution in [0.15, 0.2) is 40.2 Å². The molecule has 4 heteroatoms. The summed E-state index contributed by atoms with van der Waals surface area (Å²) in [7, 11) is 0. The standard InChI is InChI=1S/C14H15BrClNS/c1-9(11-5-3-4-6-12(11)16)17-10(2)13-7-8-14(15)18-13/h3-10,17H,1-2H3. The maximum absolute atomic E-state index is 6.21. The Morgan fingerprint density at radius 3 is 2.44 bits per heavy atom. The van der Waals surface area contributed by atoms with E-state index >= 15 is 0 Å². The molecule has 0 aliphatic heterocycles. The Bertz CT molecular complexity index is 526. The summed E-state index contributed by atoms with van der Waals surface area (Å²) in [6.45, 7) is 4.31. The minimum atomic E-state index is 0.231. The predicted octanol–water partition coefficient (Wildman–Crippen LogP) is 5.58. The third-order valence-electron chi connectivity index (χ3n) is 2.89. The lowest BCUT2D eigenvalue weighted by molar-refractivity contribution is 0.500. The largest absolute Gasteiger partial charge is 0.303 e. The molecule has 1 aromatic heterocycles. The highest BCUT2D eigenvalue weighted by Crippen LogP contribution is 2.30. The van der Waals surface area contributed by atoms with Crippen LogP contribution in [0.3, 0.4) is 0 Å². The number of hydrogen-bond donors (Lipinski definition) is 1. The van der Waals surface area contributed by atoms with Crippen LogP contribution >= 0.6 is 38.9 Å². The van der Waals surface area contributed by atoms with E-state index in [2.05, 4.69) is 53.3 Å². The van der Waals surface area contributed by atoms with E-state index in [0.29, 0.717) is 6.04 Å². The van der Waals surface area contributed by atoms with Gasteiger partial charge in [0.1, 0.15) is 0 Å². The summed E-state index contributed by atoms with van der Waals surface area (Å²) in [5.74, 6) is 0. The Kier molecular flexibility index (Phi) is 4.84. The zero-order chi connectivity index (χ0) is 13.1. The first kappa shape index (κ1) is 14.1. The number of hydrogen-bond acceptors (Lipinski definition) is 2. The van der Waals surface area contributed by atoms with Crippen LogP contribution in [0.4, 0.5) is 0 Å². The van der Waals surface area contributed by atoms with E-state index in [1.807, 2.05) is 18.2 Å². The lowest BCUT2D eigenvalue weighted by Gasteiger charge is -2.20. The van der Waals surface area contributed by atoms with Crippen molar-refractivity contribution in [3.05, 3.63) is 55.6 Å². The smallest absolute Gasteiger partial charge is 0.0701 e. The van der Waals surface area contributed by atoms with Crippen molar-refractivity contribution < 1.29 is 0 Å². The van der Waals surface area contributed by atoms with Crippen molar-refractivity contribution in [2.75, 3.05) is 0 Å². The molecule has 1 nitrogen and oxygen atoms in total. The highest BCUT2D eigenvalue weighted by molar-refractivity contribution is 9.11. The molecule has 0 aliphatic rings. The topological polar surface area (TPSA) is 12.0 Å². The molecule has 0 saturated heterocycles. The summed E-state index contributed by atoms with van der Waals surface area (Å²) in [5.41, 5.74) is 1.14. The fraction of sp³-hybridized carbons (Fsp3) is 0.286. The Hall–Kier alpha value is -0.350. The molecule has 1 aromatic carbocycles. The van der Waals surface area contributed by atoms with Gasteiger partial charge in [-0.3, -0.25) is 0 Å². The van der Waals surface area contributed by atoms with E-state index in [0.717, 1.165) is 14.4 Å². The number of halogens is 2. The summed E-state index contributed by atoms with van der Waals surface area (Å²) in [6.07, 6.45) is 0. The molecule has 0 radical (unpaired) electrons. The van der Waals surface area contributed by atoms with Crippen molar-refractivity contribution in [3.63, 3.8) is 0 Å². The summed E-state index contributed by atoms with van der Waals surface area (Å²) in [6, 6.07) is 12.7. The first-order valence-corrected chi connectivity index (χ1v) is 7.82. The van der Waals surface area contributed by atoms with Gasteiger partial charge < -0.3 is 5.32 Å². The van der Waals surface area contributed by atoms with Crippen molar-refractivity contribution in [2.45, 2.75) is 25.9 Å². The van der Waals surface area contributed by atoms with Crippen LogP contribution in [0.2, 0.25) is 5.02 Å². The summed E-state index contributed by atoms with van der Waals surface area (Å²) >= 11 is 11.5. The zero-order valence-corrected chi connectivity index (χ0v) is 13.4. The minimum Gasteiger partial charge on any atom is -0.303 e. The monoisotopic (exact) mass is 343 g/mol. The van der Waals surface area contributed by atoms with E-state index in [9.17, 15) is 0 Å². The van der Waals surface area contributed by atoms with Crippen LogP contribution in [-0.4, -0.2) is 0 Å². The number of nitrogens with one attached hydrogen (secondary N) is 1. The fourth-order valence-corrected chi connectivity index (χ4v) is 3.67. The normalized spacial score (nSPS) is 14.4. The Balaban J connectivity index is 2.08. The Labute approximate surface area is 125 Å². The van der Waals surface area contributed by atoms with Crippen LogP contribution in [-0.2, 0) is 0 Å². The van der Waals surface area contributed by atoms with Gasteiger partial charge in [-0.1, -0.05) is 29.8 Å². The van der Waals surface area contributed by atoms with Gasteiger partial charge in [-0.2, -0.15) is 0 Å². The van der Waals surface area contributed by atoms with Gasteiger partial charge in [-0.15, -0.1) is 11.3 Å². The SMILES string of the molecule is CC(NC(C)c1ccccc1Cl)c1ccc(Br)s1. The van der Waals surface area contributed by atoms with Gasteiger partial charge in [-0.25, -0.2) is 0 Å². The lowest BCUT2D eigenvalue weighted by atomic mass is 10.1. The van der Waals surface area contributed by atoms with E-state index in [-0.39, 0.29) is 6.04 Å². The molecular formula is C14H15BrClNS. The molecule has 1 N–H and O–H groups in total. The second-order valence-electron chi connectivity index (χ2n) is 4.27. The van der Waals surface area contributed by atoms with Crippen molar-refractivity contribution in [1.82, 2.24) is 5.32 Å². The third kappa shape index (κ3) is 3.35. The average molecular weight is 345 g/mol. The highest BCUT2D eigenvalue weighted by Gasteiger charge is 2.14. The zero-order valence-electron chi connectivity index (χ0n) is 10.3. The maximum Gasteiger partial charge on any atom is 0.0701 e. The van der Waals surface area contributed by atoms with Gasteiger partial charge in [-0.05, 0) is 53.5 Å². The van der Waals surface area contributed by atoms with E-state index < -0.39 is 0 Å². The quantitative estimate of drug-likeness (QED) is 0.764. The number of thiophene rings is 1. The van der Waals surface area contributed by atoms with Gasteiger partial charge >= 0.3 is 0 Å². The molecule has 0 amide bonds. The molecule has 2 atom stereocenters. The summed E-state index contributed by atoms with van der Waals surface area (Å²) < 4.78 is 1.16. The molecule has 0 spiro atoms. The fourth-order valence-electron chi connectivity index (χ4n) is 1.93. The molecule has 2 aromatic rings. The first-order chi connectivity index (χ1) is 8.58. The van der Waals surface area contributed by atoms with Crippen LogP contribution in [0.5, 0.6) is 0 Å². The molecule has 0 saturated carbocycles.